The second-order valence-electron chi connectivity index (χ2n) is 11.5. The van der Waals surface area contributed by atoms with Crippen LogP contribution in [-0.2, 0) is 32.1 Å². The third-order valence-corrected chi connectivity index (χ3v) is 9.48. The first kappa shape index (κ1) is 31.4. The normalized spacial score (nSPS) is 27.0. The monoisotopic (exact) mass is 598 g/mol. The van der Waals surface area contributed by atoms with Crippen molar-refractivity contribution in [2.24, 2.45) is 39.3 Å². The summed E-state index contributed by atoms with van der Waals surface area (Å²) < 4.78 is 0. The maximum atomic E-state index is 13.5. The van der Waals surface area contributed by atoms with Gasteiger partial charge in [-0.2, -0.15) is 0 Å². The van der Waals surface area contributed by atoms with Crippen LogP contribution >= 0.6 is 11.8 Å². The standard InChI is InChI=1S/C29H42N8O4S/c1-18(42-12-9-30)25(40)29(14-21(29)7-10-34-27(32)33)36-24(39)17-37-11-2-8-28(26(37)41)15-22(28)35-23(38)13-19-3-5-20(16-31)6-4-19/h3-6,9,12,18,21-22H,2,7-8,10-11,13-17,30-31H2,1H3,(H,35,38)(H,36,39)(H4,32,33,34)/b12-9-. The number of benzene rings is 1. The number of guanidine groups is 1. The predicted octanol–water partition coefficient (Wildman–Crippen LogP) is -0.156. The Balaban J connectivity index is 1.34. The molecule has 5 atom stereocenters. The van der Waals surface area contributed by atoms with Crippen molar-refractivity contribution < 1.29 is 19.2 Å². The summed E-state index contributed by atoms with van der Waals surface area (Å²) in [6.45, 7) is 2.87. The molecular weight excluding hydrogens is 556 g/mol. The molecule has 4 rings (SSSR count). The van der Waals surface area contributed by atoms with Gasteiger partial charge in [0.05, 0.1) is 23.6 Å². The van der Waals surface area contributed by atoms with Crippen molar-refractivity contribution in [1.82, 2.24) is 15.5 Å². The van der Waals surface area contributed by atoms with Crippen LogP contribution in [0.1, 0.15) is 50.2 Å². The Hall–Kier alpha value is -3.58. The quantitative estimate of drug-likeness (QED) is 0.124. The van der Waals surface area contributed by atoms with Crippen molar-refractivity contribution in [3.63, 3.8) is 0 Å². The van der Waals surface area contributed by atoms with Gasteiger partial charge in [0.25, 0.3) is 0 Å². The number of nitrogens with one attached hydrogen (secondary N) is 2. The SMILES string of the molecule is CC(S/C=C\N)C(=O)C1(NC(=O)CN2CCCC3(CC3NC(=O)Cc3ccc(CN)cc3)C2=O)CC1CCN=C(N)N. The van der Waals surface area contributed by atoms with Gasteiger partial charge >= 0.3 is 0 Å². The van der Waals surface area contributed by atoms with Crippen molar-refractivity contribution in [2.45, 2.75) is 68.8 Å². The molecule has 5 unspecified atom stereocenters. The number of thioether (sulfide) groups is 1. The van der Waals surface area contributed by atoms with Crippen LogP contribution < -0.4 is 33.6 Å². The lowest BCUT2D eigenvalue weighted by molar-refractivity contribution is -0.144. The molecule has 13 heteroatoms. The average Bonchev–Trinajstić information content (AvgIpc) is 3.85. The summed E-state index contributed by atoms with van der Waals surface area (Å²) >= 11 is 1.28. The third kappa shape index (κ3) is 7.06. The Bertz CT molecular complexity index is 1250. The van der Waals surface area contributed by atoms with E-state index in [4.69, 9.17) is 22.9 Å². The zero-order valence-electron chi connectivity index (χ0n) is 24.0. The summed E-state index contributed by atoms with van der Waals surface area (Å²) in [6.07, 6.45) is 4.56. The fraction of sp³-hybridized carbons (Fsp3) is 0.552. The van der Waals surface area contributed by atoms with E-state index < -0.39 is 16.2 Å². The maximum absolute atomic E-state index is 13.5. The lowest BCUT2D eigenvalue weighted by atomic mass is 9.92. The predicted molar refractivity (Wildman–Crippen MR) is 162 cm³/mol. The fourth-order valence-corrected chi connectivity index (χ4v) is 6.74. The van der Waals surface area contributed by atoms with Crippen molar-refractivity contribution in [3.8, 4) is 0 Å². The summed E-state index contributed by atoms with van der Waals surface area (Å²) in [5.74, 6) is -0.886. The second-order valence-corrected chi connectivity index (χ2v) is 12.7. The highest BCUT2D eigenvalue weighted by Crippen LogP contribution is 2.53. The topological polar surface area (TPSA) is 212 Å². The van der Waals surface area contributed by atoms with Gasteiger partial charge in [-0.05, 0) is 61.5 Å². The number of hydrogen-bond donors (Lipinski definition) is 6. The highest BCUT2D eigenvalue weighted by atomic mass is 32.2. The van der Waals surface area contributed by atoms with Crippen LogP contribution in [-0.4, -0.2) is 70.8 Å². The highest BCUT2D eigenvalue weighted by Gasteiger charge is 2.63. The molecule has 3 amide bonds. The van der Waals surface area contributed by atoms with E-state index in [-0.39, 0.29) is 54.4 Å². The van der Waals surface area contributed by atoms with Crippen LogP contribution in [0.5, 0.6) is 0 Å². The minimum absolute atomic E-state index is 0.0260. The van der Waals surface area contributed by atoms with Crippen LogP contribution in [0, 0.1) is 11.3 Å². The molecule has 3 fully saturated rings. The van der Waals surface area contributed by atoms with Crippen LogP contribution in [0.3, 0.4) is 0 Å². The average molecular weight is 599 g/mol. The van der Waals surface area contributed by atoms with Gasteiger partial charge in [-0.1, -0.05) is 24.3 Å². The van der Waals surface area contributed by atoms with Gasteiger partial charge in [-0.25, -0.2) is 0 Å². The zero-order chi connectivity index (χ0) is 30.5. The van der Waals surface area contributed by atoms with Gasteiger partial charge in [0.1, 0.15) is 5.54 Å². The number of nitrogens with two attached hydrogens (primary N) is 4. The molecule has 1 aromatic rings. The number of Topliss-reactive ketones (excluding diaryl/α,β-unsaturated/α-hetero) is 1. The molecule has 42 heavy (non-hydrogen) atoms. The second kappa shape index (κ2) is 13.2. The zero-order valence-corrected chi connectivity index (χ0v) is 24.8. The molecule has 1 saturated heterocycles. The smallest absolute Gasteiger partial charge is 0.240 e. The third-order valence-electron chi connectivity index (χ3n) is 8.54. The van der Waals surface area contributed by atoms with Gasteiger partial charge in [0.15, 0.2) is 11.7 Å². The van der Waals surface area contributed by atoms with E-state index in [9.17, 15) is 19.2 Å². The summed E-state index contributed by atoms with van der Waals surface area (Å²) in [6, 6.07) is 7.31. The lowest BCUT2D eigenvalue weighted by Gasteiger charge is -2.33. The minimum atomic E-state index is -1.03. The molecule has 1 heterocycles. The fourth-order valence-electron chi connectivity index (χ4n) is 6.08. The molecular formula is C29H42N8O4S. The van der Waals surface area contributed by atoms with Crippen LogP contribution in [0.25, 0.3) is 0 Å². The number of piperidine rings is 1. The summed E-state index contributed by atoms with van der Waals surface area (Å²) in [4.78, 5) is 58.5. The van der Waals surface area contributed by atoms with E-state index >= 15 is 0 Å². The minimum Gasteiger partial charge on any atom is -0.404 e. The Morgan fingerprint density at radius 2 is 1.88 bits per heavy atom. The molecule has 0 bridgehead atoms. The van der Waals surface area contributed by atoms with Gasteiger partial charge < -0.3 is 38.5 Å². The Kier molecular flexibility index (Phi) is 9.82. The molecule has 0 aromatic heterocycles. The number of nitrogens with zero attached hydrogens (tertiary/aromatic N) is 2. The van der Waals surface area contributed by atoms with E-state index in [1.54, 1.807) is 17.2 Å². The maximum Gasteiger partial charge on any atom is 0.240 e. The molecule has 1 spiro atoms. The highest BCUT2D eigenvalue weighted by molar-refractivity contribution is 8.03. The van der Waals surface area contributed by atoms with Crippen molar-refractivity contribution in [2.75, 3.05) is 19.6 Å². The van der Waals surface area contributed by atoms with E-state index in [0.717, 1.165) is 17.5 Å². The van der Waals surface area contributed by atoms with Crippen LogP contribution in [0.15, 0.2) is 40.9 Å². The summed E-state index contributed by atoms with van der Waals surface area (Å²) in [7, 11) is 0. The molecule has 1 aromatic carbocycles. The molecule has 2 saturated carbocycles. The number of ketones is 1. The number of hydrogen-bond acceptors (Lipinski definition) is 8. The van der Waals surface area contributed by atoms with Gasteiger partial charge in [0, 0.05) is 31.9 Å². The first-order valence-electron chi connectivity index (χ1n) is 14.3. The molecule has 228 valence electrons. The Morgan fingerprint density at radius 1 is 1.17 bits per heavy atom. The first-order chi connectivity index (χ1) is 20.0. The van der Waals surface area contributed by atoms with Gasteiger partial charge in [-0.15, -0.1) is 11.8 Å². The summed E-state index contributed by atoms with van der Waals surface area (Å²) in [5, 5.41) is 7.21. The van der Waals surface area contributed by atoms with E-state index in [2.05, 4.69) is 15.6 Å². The number of aliphatic imine (C=N–C) groups is 1. The van der Waals surface area contributed by atoms with Gasteiger partial charge in [0.2, 0.25) is 17.7 Å². The van der Waals surface area contributed by atoms with Crippen LogP contribution in [0.4, 0.5) is 0 Å². The molecule has 1 aliphatic heterocycles. The van der Waals surface area contributed by atoms with E-state index in [1.165, 1.54) is 18.0 Å². The van der Waals surface area contributed by atoms with Crippen molar-refractivity contribution >= 4 is 41.2 Å². The van der Waals surface area contributed by atoms with Gasteiger partial charge in [-0.3, -0.25) is 24.2 Å². The molecule has 12 nitrogen and oxygen atoms in total. The molecule has 10 N–H and O–H groups in total. The molecule has 3 aliphatic rings. The Labute approximate surface area is 250 Å². The number of likely N-dealkylation sites (tertiary alicyclic amines) is 1. The van der Waals surface area contributed by atoms with E-state index in [1.807, 2.05) is 24.3 Å². The summed E-state index contributed by atoms with van der Waals surface area (Å²) in [5.41, 5.74) is 22.1. The largest absolute Gasteiger partial charge is 0.404 e. The number of carbonyl (C=O) groups is 4. The number of amides is 3. The van der Waals surface area contributed by atoms with Crippen molar-refractivity contribution in [3.05, 3.63) is 47.0 Å². The first-order valence-corrected chi connectivity index (χ1v) is 15.3. The molecule has 0 radical (unpaired) electrons. The lowest BCUT2D eigenvalue weighted by Crippen LogP contribution is -2.54. The Morgan fingerprint density at radius 3 is 2.55 bits per heavy atom. The van der Waals surface area contributed by atoms with E-state index in [0.29, 0.717) is 45.3 Å². The molecule has 2 aliphatic carbocycles. The van der Waals surface area contributed by atoms with Crippen LogP contribution in [0.2, 0.25) is 0 Å². The number of rotatable bonds is 14. The van der Waals surface area contributed by atoms with Crippen molar-refractivity contribution in [1.29, 1.82) is 0 Å². The number of carbonyl (C=O) groups excluding carboxylic acids is 4.